The van der Waals surface area contributed by atoms with E-state index >= 15 is 0 Å². The summed E-state index contributed by atoms with van der Waals surface area (Å²) in [4.78, 5) is 3.97. The van der Waals surface area contributed by atoms with Crippen molar-refractivity contribution in [1.82, 2.24) is 4.98 Å². The summed E-state index contributed by atoms with van der Waals surface area (Å²) in [6, 6.07) is 10.2. The maximum absolute atomic E-state index is 8.63. The first-order valence-electron chi connectivity index (χ1n) is 4.69. The number of nitrogens with zero attached hydrogens (tertiary/aromatic N) is 2. The minimum Gasteiger partial charge on any atom is -0.436 e. The fraction of sp³-hybridized carbons (Fsp3) is 0. The standard InChI is InChI=1S/C12H6Cl2N2O/c13-9-2-1-3-10(14)12(9)17-11-5-4-8(6-15)7-16-11/h1-5,7H. The number of nitriles is 1. The van der Waals surface area contributed by atoms with Gasteiger partial charge in [-0.3, -0.25) is 0 Å². The third kappa shape index (κ3) is 2.68. The van der Waals surface area contributed by atoms with Crippen molar-refractivity contribution in [3.63, 3.8) is 0 Å². The Labute approximate surface area is 108 Å². The smallest absolute Gasteiger partial charge is 0.219 e. The van der Waals surface area contributed by atoms with E-state index in [9.17, 15) is 0 Å². The van der Waals surface area contributed by atoms with E-state index < -0.39 is 0 Å². The molecule has 2 rings (SSSR count). The van der Waals surface area contributed by atoms with Gasteiger partial charge in [0.25, 0.3) is 0 Å². The Bertz CT molecular complexity index is 556. The molecule has 0 fully saturated rings. The van der Waals surface area contributed by atoms with E-state index in [1.165, 1.54) is 6.20 Å². The molecule has 0 saturated carbocycles. The predicted octanol–water partition coefficient (Wildman–Crippen LogP) is 4.05. The summed E-state index contributed by atoms with van der Waals surface area (Å²) < 4.78 is 5.45. The van der Waals surface area contributed by atoms with Crippen LogP contribution in [0.5, 0.6) is 11.6 Å². The zero-order valence-electron chi connectivity index (χ0n) is 8.52. The van der Waals surface area contributed by atoms with Gasteiger partial charge in [0, 0.05) is 12.3 Å². The quantitative estimate of drug-likeness (QED) is 0.822. The number of hydrogen-bond donors (Lipinski definition) is 0. The van der Waals surface area contributed by atoms with Crippen molar-refractivity contribution in [1.29, 1.82) is 5.26 Å². The lowest BCUT2D eigenvalue weighted by molar-refractivity contribution is 0.463. The molecule has 17 heavy (non-hydrogen) atoms. The van der Waals surface area contributed by atoms with Gasteiger partial charge in [-0.15, -0.1) is 0 Å². The lowest BCUT2D eigenvalue weighted by atomic mass is 10.3. The van der Waals surface area contributed by atoms with Gasteiger partial charge in [-0.1, -0.05) is 29.3 Å². The topological polar surface area (TPSA) is 45.9 Å². The second-order valence-corrected chi connectivity index (χ2v) is 3.96. The van der Waals surface area contributed by atoms with Crippen molar-refractivity contribution in [2.75, 3.05) is 0 Å². The van der Waals surface area contributed by atoms with Crippen LogP contribution in [0, 0.1) is 11.3 Å². The molecule has 0 aliphatic carbocycles. The number of ether oxygens (including phenoxy) is 1. The average Bonchev–Trinajstić information content (AvgIpc) is 2.35. The van der Waals surface area contributed by atoms with E-state index in [1.807, 2.05) is 6.07 Å². The van der Waals surface area contributed by atoms with Gasteiger partial charge >= 0.3 is 0 Å². The molecule has 0 spiro atoms. The maximum Gasteiger partial charge on any atom is 0.219 e. The second-order valence-electron chi connectivity index (χ2n) is 3.15. The van der Waals surface area contributed by atoms with Crippen LogP contribution in [0.15, 0.2) is 36.5 Å². The first-order chi connectivity index (χ1) is 8.20. The largest absolute Gasteiger partial charge is 0.436 e. The van der Waals surface area contributed by atoms with Gasteiger partial charge < -0.3 is 4.74 Å². The van der Waals surface area contributed by atoms with Gasteiger partial charge in [0.15, 0.2) is 5.75 Å². The summed E-state index contributed by atoms with van der Waals surface area (Å²) in [7, 11) is 0. The fourth-order valence-corrected chi connectivity index (χ4v) is 1.67. The van der Waals surface area contributed by atoms with E-state index in [1.54, 1.807) is 30.3 Å². The SMILES string of the molecule is N#Cc1ccc(Oc2c(Cl)cccc2Cl)nc1. The zero-order chi connectivity index (χ0) is 12.3. The maximum atomic E-state index is 8.63. The number of para-hydroxylation sites is 1. The lowest BCUT2D eigenvalue weighted by Gasteiger charge is -2.07. The van der Waals surface area contributed by atoms with Crippen LogP contribution in [0.4, 0.5) is 0 Å². The van der Waals surface area contributed by atoms with Crippen molar-refractivity contribution in [2.45, 2.75) is 0 Å². The van der Waals surface area contributed by atoms with Gasteiger partial charge in [-0.2, -0.15) is 5.26 Å². The van der Waals surface area contributed by atoms with E-state index in [-0.39, 0.29) is 0 Å². The van der Waals surface area contributed by atoms with E-state index in [4.69, 9.17) is 33.2 Å². The lowest BCUT2D eigenvalue weighted by Crippen LogP contribution is -1.89. The molecule has 5 heteroatoms. The summed E-state index contributed by atoms with van der Waals surface area (Å²) in [6.07, 6.45) is 1.42. The average molecular weight is 265 g/mol. The van der Waals surface area contributed by atoms with E-state index in [0.29, 0.717) is 27.2 Å². The third-order valence-electron chi connectivity index (χ3n) is 1.99. The molecule has 0 saturated heterocycles. The molecule has 0 aliphatic heterocycles. The van der Waals surface area contributed by atoms with Crippen LogP contribution in [-0.2, 0) is 0 Å². The van der Waals surface area contributed by atoms with Crippen molar-refractivity contribution in [3.05, 3.63) is 52.1 Å². The summed E-state index contributed by atoms with van der Waals surface area (Å²) >= 11 is 11.9. The van der Waals surface area contributed by atoms with Crippen LogP contribution in [0.2, 0.25) is 10.0 Å². The summed E-state index contributed by atoms with van der Waals surface area (Å²) in [5.41, 5.74) is 0.461. The van der Waals surface area contributed by atoms with Gasteiger partial charge in [-0.05, 0) is 18.2 Å². The van der Waals surface area contributed by atoms with Crippen molar-refractivity contribution in [2.24, 2.45) is 0 Å². The number of hydrogen-bond acceptors (Lipinski definition) is 3. The van der Waals surface area contributed by atoms with Gasteiger partial charge in [0.1, 0.15) is 6.07 Å². The van der Waals surface area contributed by atoms with Crippen LogP contribution in [0.25, 0.3) is 0 Å². The number of benzene rings is 1. The third-order valence-corrected chi connectivity index (χ3v) is 2.59. The van der Waals surface area contributed by atoms with Crippen LogP contribution >= 0.6 is 23.2 Å². The molecule has 3 nitrogen and oxygen atoms in total. The monoisotopic (exact) mass is 264 g/mol. The van der Waals surface area contributed by atoms with Crippen molar-refractivity contribution >= 4 is 23.2 Å². The molecule has 0 aliphatic rings. The zero-order valence-corrected chi connectivity index (χ0v) is 10.0. The first kappa shape index (κ1) is 11.7. The van der Waals surface area contributed by atoms with Crippen molar-refractivity contribution in [3.8, 4) is 17.7 Å². The number of aromatic nitrogens is 1. The summed E-state index contributed by atoms with van der Waals surface area (Å²) in [5.74, 6) is 0.687. The van der Waals surface area contributed by atoms with Crippen LogP contribution in [0.3, 0.4) is 0 Å². The normalized spacial score (nSPS) is 9.71. The minimum absolute atomic E-state index is 0.332. The summed E-state index contributed by atoms with van der Waals surface area (Å²) in [5, 5.41) is 9.45. The Balaban J connectivity index is 2.29. The van der Waals surface area contributed by atoms with Crippen LogP contribution in [0.1, 0.15) is 5.56 Å². The molecule has 1 aromatic carbocycles. The molecule has 0 atom stereocenters. The molecular formula is C12H6Cl2N2O. The van der Waals surface area contributed by atoms with Crippen molar-refractivity contribution < 1.29 is 4.74 Å². The molecule has 0 radical (unpaired) electrons. The fourth-order valence-electron chi connectivity index (χ4n) is 1.19. The molecule has 1 heterocycles. The Kier molecular flexibility index (Phi) is 3.48. The number of rotatable bonds is 2. The highest BCUT2D eigenvalue weighted by Crippen LogP contribution is 2.35. The highest BCUT2D eigenvalue weighted by atomic mass is 35.5. The Morgan fingerprint density at radius 2 is 1.82 bits per heavy atom. The Hall–Kier alpha value is -1.76. The molecule has 0 unspecified atom stereocenters. The molecule has 0 bridgehead atoms. The van der Waals surface area contributed by atoms with E-state index in [0.717, 1.165) is 0 Å². The predicted molar refractivity (Wildman–Crippen MR) is 65.5 cm³/mol. The molecule has 84 valence electrons. The molecule has 0 amide bonds. The number of pyridine rings is 1. The van der Waals surface area contributed by atoms with Crippen LogP contribution in [-0.4, -0.2) is 4.98 Å². The Morgan fingerprint density at radius 1 is 1.12 bits per heavy atom. The summed E-state index contributed by atoms with van der Waals surface area (Å²) in [6.45, 7) is 0. The molecule has 2 aromatic rings. The Morgan fingerprint density at radius 3 is 2.35 bits per heavy atom. The second kappa shape index (κ2) is 5.05. The highest BCUT2D eigenvalue weighted by molar-refractivity contribution is 6.37. The molecule has 1 aromatic heterocycles. The van der Waals surface area contributed by atoms with E-state index in [2.05, 4.69) is 4.98 Å². The molecular weight excluding hydrogens is 259 g/mol. The highest BCUT2D eigenvalue weighted by Gasteiger charge is 2.08. The molecule has 0 N–H and O–H groups in total. The van der Waals surface area contributed by atoms with Gasteiger partial charge in [0.2, 0.25) is 5.88 Å². The van der Waals surface area contributed by atoms with Crippen LogP contribution < -0.4 is 4.74 Å². The minimum atomic E-state index is 0.332. The first-order valence-corrected chi connectivity index (χ1v) is 5.44. The van der Waals surface area contributed by atoms with Gasteiger partial charge in [-0.25, -0.2) is 4.98 Å². The van der Waals surface area contributed by atoms with Gasteiger partial charge in [0.05, 0.1) is 15.6 Å². The number of halogens is 2.